The summed E-state index contributed by atoms with van der Waals surface area (Å²) in [6.07, 6.45) is 0.535. The molecule has 23 heavy (non-hydrogen) atoms. The van der Waals surface area contributed by atoms with Gasteiger partial charge in [0.15, 0.2) is 0 Å². The highest BCUT2D eigenvalue weighted by atomic mass is 79.9. The van der Waals surface area contributed by atoms with Crippen LogP contribution in [-0.4, -0.2) is 11.7 Å². The Bertz CT molecular complexity index is 688. The second-order valence-electron chi connectivity index (χ2n) is 5.54. The molecule has 0 aliphatic carbocycles. The zero-order valence-electron chi connectivity index (χ0n) is 12.8. The molecule has 1 aliphatic heterocycles. The number of thioether (sulfide) groups is 1. The summed E-state index contributed by atoms with van der Waals surface area (Å²) in [5.41, 5.74) is 3.88. The Balaban J connectivity index is 1.40. The van der Waals surface area contributed by atoms with Crippen LogP contribution in [0.3, 0.4) is 0 Å². The van der Waals surface area contributed by atoms with Crippen LogP contribution in [0.5, 0.6) is 0 Å². The number of halogens is 1. The van der Waals surface area contributed by atoms with E-state index >= 15 is 0 Å². The quantitative estimate of drug-likeness (QED) is 0.735. The zero-order chi connectivity index (χ0) is 16.1. The number of hydrogen-bond acceptors (Lipinski definition) is 3. The Morgan fingerprint density at radius 1 is 1.13 bits per heavy atom. The van der Waals surface area contributed by atoms with Crippen molar-refractivity contribution >= 4 is 33.6 Å². The van der Waals surface area contributed by atoms with Crippen molar-refractivity contribution in [1.82, 2.24) is 10.6 Å². The summed E-state index contributed by atoms with van der Waals surface area (Å²) >= 11 is 5.13. The molecule has 5 heteroatoms. The average molecular weight is 391 g/mol. The monoisotopic (exact) mass is 390 g/mol. The molecule has 2 N–H and O–H groups in total. The fourth-order valence-corrected chi connectivity index (χ4v) is 3.66. The van der Waals surface area contributed by atoms with Gasteiger partial charge < -0.3 is 10.6 Å². The highest BCUT2D eigenvalue weighted by Gasteiger charge is 2.10. The summed E-state index contributed by atoms with van der Waals surface area (Å²) in [5, 5.41) is 6.34. The highest BCUT2D eigenvalue weighted by Crippen LogP contribution is 2.21. The molecule has 0 unspecified atom stereocenters. The lowest BCUT2D eigenvalue weighted by Crippen LogP contribution is -2.23. The second-order valence-corrected chi connectivity index (χ2v) is 7.62. The molecule has 0 saturated carbocycles. The van der Waals surface area contributed by atoms with Gasteiger partial charge in [-0.25, -0.2) is 0 Å². The predicted molar refractivity (Wildman–Crippen MR) is 98.3 cm³/mol. The normalized spacial score (nSPS) is 12.9. The largest absolute Gasteiger partial charge is 0.352 e. The van der Waals surface area contributed by atoms with E-state index in [1.807, 2.05) is 12.1 Å². The van der Waals surface area contributed by atoms with E-state index in [1.165, 1.54) is 21.6 Å². The summed E-state index contributed by atoms with van der Waals surface area (Å²) in [6.45, 7) is 2.49. The molecule has 0 aromatic heterocycles. The van der Waals surface area contributed by atoms with Crippen molar-refractivity contribution < 1.29 is 4.79 Å². The summed E-state index contributed by atoms with van der Waals surface area (Å²) in [5.74, 6) is 0.898. The zero-order valence-corrected chi connectivity index (χ0v) is 15.2. The molecule has 0 spiro atoms. The number of rotatable bonds is 6. The molecule has 0 radical (unpaired) electrons. The van der Waals surface area contributed by atoms with Crippen molar-refractivity contribution in [3.05, 3.63) is 63.6 Å². The third-order valence-corrected chi connectivity index (χ3v) is 5.35. The van der Waals surface area contributed by atoms with Crippen LogP contribution >= 0.6 is 27.7 Å². The maximum absolute atomic E-state index is 12.0. The molecule has 0 fully saturated rings. The van der Waals surface area contributed by atoms with E-state index < -0.39 is 0 Å². The summed E-state index contributed by atoms with van der Waals surface area (Å²) in [7, 11) is 0. The molecule has 0 atom stereocenters. The third kappa shape index (κ3) is 4.83. The minimum Gasteiger partial charge on any atom is -0.352 e. The third-order valence-electron chi connectivity index (χ3n) is 3.80. The molecule has 0 saturated heterocycles. The standard InChI is InChI=1S/C18H19BrN2OS/c19-16-3-5-17(6-4-16)23-8-7-18(22)21-10-13-1-2-14-11-20-12-15(14)9-13/h1-6,9,20H,7-8,10-12H2,(H,21,22). The Morgan fingerprint density at radius 3 is 2.74 bits per heavy atom. The van der Waals surface area contributed by atoms with E-state index in [1.54, 1.807) is 11.8 Å². The minimum atomic E-state index is 0.105. The first-order valence-electron chi connectivity index (χ1n) is 7.67. The van der Waals surface area contributed by atoms with E-state index in [0.717, 1.165) is 23.3 Å². The van der Waals surface area contributed by atoms with Gasteiger partial charge in [0.1, 0.15) is 0 Å². The van der Waals surface area contributed by atoms with Crippen LogP contribution in [0.25, 0.3) is 0 Å². The molecule has 1 heterocycles. The van der Waals surface area contributed by atoms with Crippen LogP contribution in [-0.2, 0) is 24.4 Å². The molecule has 1 amide bonds. The SMILES string of the molecule is O=C(CCSc1ccc(Br)cc1)NCc1ccc2c(c1)CNC2. The minimum absolute atomic E-state index is 0.105. The van der Waals surface area contributed by atoms with Crippen LogP contribution in [0.4, 0.5) is 0 Å². The molecule has 2 aromatic rings. The molecular formula is C18H19BrN2OS. The maximum Gasteiger partial charge on any atom is 0.221 e. The number of nitrogens with one attached hydrogen (secondary N) is 2. The summed E-state index contributed by atoms with van der Waals surface area (Å²) in [4.78, 5) is 13.1. The number of carbonyl (C=O) groups is 1. The summed E-state index contributed by atoms with van der Waals surface area (Å²) < 4.78 is 1.07. The predicted octanol–water partition coefficient (Wildman–Crippen LogP) is 3.85. The number of benzene rings is 2. The van der Waals surface area contributed by atoms with Gasteiger partial charge in [-0.05, 0) is 41.0 Å². The van der Waals surface area contributed by atoms with Crippen LogP contribution in [0.2, 0.25) is 0 Å². The van der Waals surface area contributed by atoms with Gasteiger partial charge in [0.05, 0.1) is 0 Å². The van der Waals surface area contributed by atoms with Gasteiger partial charge in [0.25, 0.3) is 0 Å². The molecule has 3 nitrogen and oxygen atoms in total. The van der Waals surface area contributed by atoms with E-state index in [9.17, 15) is 4.79 Å². The van der Waals surface area contributed by atoms with Crippen LogP contribution in [0.1, 0.15) is 23.1 Å². The first-order chi connectivity index (χ1) is 11.2. The number of amides is 1. The fourth-order valence-electron chi connectivity index (χ4n) is 2.54. The lowest BCUT2D eigenvalue weighted by Gasteiger charge is -2.07. The molecule has 120 valence electrons. The Labute approximate surface area is 149 Å². The van der Waals surface area contributed by atoms with Crippen molar-refractivity contribution in [1.29, 1.82) is 0 Å². The molecular weight excluding hydrogens is 372 g/mol. The first kappa shape index (κ1) is 16.6. The number of fused-ring (bicyclic) bond motifs is 1. The lowest BCUT2D eigenvalue weighted by atomic mass is 10.1. The van der Waals surface area contributed by atoms with Crippen molar-refractivity contribution in [3.8, 4) is 0 Å². The molecule has 3 rings (SSSR count). The Hall–Kier alpha value is -1.30. The van der Waals surface area contributed by atoms with Crippen LogP contribution in [0.15, 0.2) is 51.8 Å². The van der Waals surface area contributed by atoms with Gasteiger partial charge in [-0.2, -0.15) is 0 Å². The first-order valence-corrected chi connectivity index (χ1v) is 9.45. The fraction of sp³-hybridized carbons (Fsp3) is 0.278. The van der Waals surface area contributed by atoms with Gasteiger partial charge >= 0.3 is 0 Å². The molecule has 1 aliphatic rings. The van der Waals surface area contributed by atoms with Crippen LogP contribution in [0, 0.1) is 0 Å². The highest BCUT2D eigenvalue weighted by molar-refractivity contribution is 9.10. The Morgan fingerprint density at radius 2 is 1.91 bits per heavy atom. The van der Waals surface area contributed by atoms with Gasteiger partial charge in [-0.1, -0.05) is 34.1 Å². The van der Waals surface area contributed by atoms with E-state index in [-0.39, 0.29) is 5.91 Å². The molecule has 2 aromatic carbocycles. The van der Waals surface area contributed by atoms with E-state index in [0.29, 0.717) is 13.0 Å². The summed E-state index contributed by atoms with van der Waals surface area (Å²) in [6, 6.07) is 14.6. The maximum atomic E-state index is 12.0. The number of hydrogen-bond donors (Lipinski definition) is 2. The van der Waals surface area contributed by atoms with Gasteiger partial charge in [-0.15, -0.1) is 11.8 Å². The van der Waals surface area contributed by atoms with Crippen molar-refractivity contribution in [2.45, 2.75) is 31.0 Å². The van der Waals surface area contributed by atoms with Crippen LogP contribution < -0.4 is 10.6 Å². The van der Waals surface area contributed by atoms with E-state index in [4.69, 9.17) is 0 Å². The average Bonchev–Trinajstić information content (AvgIpc) is 3.02. The topological polar surface area (TPSA) is 41.1 Å². The Kier molecular flexibility index (Phi) is 5.75. The van der Waals surface area contributed by atoms with Gasteiger partial charge in [0.2, 0.25) is 5.91 Å². The smallest absolute Gasteiger partial charge is 0.221 e. The van der Waals surface area contributed by atoms with Crippen molar-refractivity contribution in [2.24, 2.45) is 0 Å². The second kappa shape index (κ2) is 7.99. The van der Waals surface area contributed by atoms with Crippen molar-refractivity contribution in [3.63, 3.8) is 0 Å². The van der Waals surface area contributed by atoms with Gasteiger partial charge in [-0.3, -0.25) is 4.79 Å². The lowest BCUT2D eigenvalue weighted by molar-refractivity contribution is -0.120. The number of carbonyl (C=O) groups excluding carboxylic acids is 1. The van der Waals surface area contributed by atoms with E-state index in [2.05, 4.69) is 56.9 Å². The van der Waals surface area contributed by atoms with Crippen molar-refractivity contribution in [2.75, 3.05) is 5.75 Å². The van der Waals surface area contributed by atoms with Gasteiger partial charge in [0, 0.05) is 41.2 Å². The molecule has 0 bridgehead atoms.